The number of carbonyl (C=O) groups excluding carboxylic acids is 1. The number of nitrogens with two attached hydrogens (primary N) is 1. The van der Waals surface area contributed by atoms with Gasteiger partial charge in [-0.1, -0.05) is 6.08 Å². The summed E-state index contributed by atoms with van der Waals surface area (Å²) in [5, 5.41) is 0. The first-order valence-corrected chi connectivity index (χ1v) is 2.17. The second kappa shape index (κ2) is 30.8. The minimum absolute atomic E-state index is 0. The molecule has 2 N–H and O–H groups in total. The van der Waals surface area contributed by atoms with Crippen LogP contribution < -0.4 is 24.6 Å². The topological polar surface area (TPSA) is 43.1 Å². The van der Waals surface area contributed by atoms with E-state index in [-0.39, 0.29) is 53.5 Å². The summed E-state index contributed by atoms with van der Waals surface area (Å²) in [7, 11) is 0. The van der Waals surface area contributed by atoms with Crippen LogP contribution in [0.5, 0.6) is 0 Å². The largest absolute Gasteiger partial charge is 4.00 e. The smallest absolute Gasteiger partial charge is 1.00 e. The zero-order valence-corrected chi connectivity index (χ0v) is 9.52. The van der Waals surface area contributed by atoms with Crippen molar-refractivity contribution in [2.24, 2.45) is 5.73 Å². The molecule has 0 unspecified atom stereocenters. The monoisotopic (exact) mass is 356 g/mol. The van der Waals surface area contributed by atoms with Crippen LogP contribution in [-0.4, -0.2) is 12.3 Å². The molecule has 1 radical (unpaired) electrons. The van der Waals surface area contributed by atoms with E-state index in [1.165, 1.54) is 6.08 Å². The summed E-state index contributed by atoms with van der Waals surface area (Å²) in [6, 6.07) is 0. The quantitative estimate of drug-likeness (QED) is 0.395. The fourth-order valence-electron chi connectivity index (χ4n) is 0.254. The van der Waals surface area contributed by atoms with Crippen LogP contribution in [0.15, 0.2) is 12.2 Å². The summed E-state index contributed by atoms with van der Waals surface area (Å²) < 4.78 is 0. The summed E-state index contributed by atoms with van der Waals surface area (Å²) in [6.45, 7) is 1.90. The second-order valence-corrected chi connectivity index (χ2v) is 1.17. The van der Waals surface area contributed by atoms with E-state index in [0.717, 1.165) is 0 Å². The van der Waals surface area contributed by atoms with Gasteiger partial charge in [0.2, 0.25) is 0 Å². The maximum absolute atomic E-state index is 10.2. The molecule has 0 atom stereocenters. The molecule has 0 aromatic rings. The summed E-state index contributed by atoms with van der Waals surface area (Å²) in [5.41, 5.74) is 4.96. The van der Waals surface area contributed by atoms with Gasteiger partial charge in [-0.25, -0.2) is 0 Å². The number of hydrogen-bond acceptors (Lipinski definition) is 2. The average Bonchev–Trinajstić information content (AvgIpc) is 1.68. The molecular formula is C5H9F4NOTa. The Hall–Kier alpha value is -0.170. The van der Waals surface area contributed by atoms with Gasteiger partial charge in [-0.15, -0.1) is 0 Å². The Bertz CT molecular complexity index is 101. The van der Waals surface area contributed by atoms with Gasteiger partial charge in [-0.05, 0) is 13.0 Å². The van der Waals surface area contributed by atoms with E-state index >= 15 is 0 Å². The molecule has 0 aliphatic rings. The third-order valence-corrected chi connectivity index (χ3v) is 0.554. The molecule has 73 valence electrons. The predicted molar refractivity (Wildman–Crippen MR) is 28.9 cm³/mol. The van der Waals surface area contributed by atoms with Crippen LogP contribution in [0.2, 0.25) is 0 Å². The van der Waals surface area contributed by atoms with Crippen LogP contribution in [0.4, 0.5) is 0 Å². The molecule has 7 heteroatoms. The molecular weight excluding hydrogens is 347 g/mol. The Kier molecular flexibility index (Phi) is 105. The molecule has 0 saturated carbocycles. The van der Waals surface area contributed by atoms with E-state index in [0.29, 0.717) is 0 Å². The van der Waals surface area contributed by atoms with Crippen molar-refractivity contribution in [2.45, 2.75) is 6.92 Å². The SMILES string of the molecule is CC=CC(=O)CN.[F-].[F-].[F-].[F-].[Ta+4]. The van der Waals surface area contributed by atoms with Crippen LogP contribution in [0.25, 0.3) is 0 Å². The van der Waals surface area contributed by atoms with Gasteiger partial charge in [0, 0.05) is 0 Å². The molecule has 12 heavy (non-hydrogen) atoms. The van der Waals surface area contributed by atoms with Crippen molar-refractivity contribution in [3.05, 3.63) is 12.2 Å². The van der Waals surface area contributed by atoms with E-state index in [2.05, 4.69) is 0 Å². The minimum Gasteiger partial charge on any atom is -1.00 e. The fourth-order valence-corrected chi connectivity index (χ4v) is 0.254. The van der Waals surface area contributed by atoms with E-state index in [1.54, 1.807) is 13.0 Å². The molecule has 0 rings (SSSR count). The van der Waals surface area contributed by atoms with Gasteiger partial charge in [0.1, 0.15) is 0 Å². The van der Waals surface area contributed by atoms with Gasteiger partial charge in [-0.2, -0.15) is 0 Å². The maximum Gasteiger partial charge on any atom is 4.00 e. The second-order valence-electron chi connectivity index (χ2n) is 1.17. The maximum atomic E-state index is 10.2. The number of allylic oxidation sites excluding steroid dienone is 1. The molecule has 0 spiro atoms. The molecule has 0 aromatic carbocycles. The minimum atomic E-state index is -0.0255. The standard InChI is InChI=1S/C5H9NO.4FH.Ta/c1-2-3-5(7)4-6;;;;;/h2-3H,4,6H2,1H3;4*1H;/q;;;;;+4/p-4. The van der Waals surface area contributed by atoms with E-state index in [4.69, 9.17) is 5.73 Å². The van der Waals surface area contributed by atoms with Crippen LogP contribution in [0.3, 0.4) is 0 Å². The van der Waals surface area contributed by atoms with Crippen LogP contribution >= 0.6 is 0 Å². The first-order chi connectivity index (χ1) is 3.31. The number of hydrogen-bond donors (Lipinski definition) is 1. The normalized spacial score (nSPS) is 5.83. The molecule has 0 aliphatic heterocycles. The van der Waals surface area contributed by atoms with Gasteiger partial charge in [0.05, 0.1) is 6.54 Å². The average molecular weight is 356 g/mol. The van der Waals surface area contributed by atoms with Gasteiger partial charge in [-0.3, -0.25) is 4.79 Å². The molecule has 0 aliphatic carbocycles. The first-order valence-electron chi connectivity index (χ1n) is 2.17. The molecule has 0 amide bonds. The van der Waals surface area contributed by atoms with Crippen molar-refractivity contribution in [3.63, 3.8) is 0 Å². The summed E-state index contributed by atoms with van der Waals surface area (Å²) in [4.78, 5) is 10.2. The zero-order chi connectivity index (χ0) is 5.70. The van der Waals surface area contributed by atoms with Gasteiger partial charge in [0.15, 0.2) is 5.78 Å². The Morgan fingerprint density at radius 2 is 1.58 bits per heavy atom. The van der Waals surface area contributed by atoms with Gasteiger partial charge >= 0.3 is 22.4 Å². The van der Waals surface area contributed by atoms with Crippen molar-refractivity contribution >= 4 is 5.78 Å². The Morgan fingerprint density at radius 3 is 1.67 bits per heavy atom. The van der Waals surface area contributed by atoms with E-state index in [1.807, 2.05) is 0 Å². The predicted octanol–water partition coefficient (Wildman–Crippen LogP) is -11.9. The Balaban J connectivity index is -0.0000000180. The Labute approximate surface area is 83.6 Å². The molecule has 0 fully saturated rings. The van der Waals surface area contributed by atoms with Gasteiger partial charge < -0.3 is 24.6 Å². The van der Waals surface area contributed by atoms with Crippen molar-refractivity contribution < 1.29 is 46.0 Å². The molecule has 2 nitrogen and oxygen atoms in total. The number of carbonyl (C=O) groups is 1. The van der Waals surface area contributed by atoms with Crippen molar-refractivity contribution in [1.29, 1.82) is 0 Å². The van der Waals surface area contributed by atoms with Crippen molar-refractivity contribution in [2.75, 3.05) is 6.54 Å². The zero-order valence-electron chi connectivity index (χ0n) is 6.31. The van der Waals surface area contributed by atoms with Crippen LogP contribution in [-0.2, 0) is 27.2 Å². The number of ketones is 1. The van der Waals surface area contributed by atoms with Crippen LogP contribution in [0.1, 0.15) is 6.92 Å². The van der Waals surface area contributed by atoms with E-state index < -0.39 is 0 Å². The van der Waals surface area contributed by atoms with E-state index in [9.17, 15) is 4.79 Å². The van der Waals surface area contributed by atoms with Crippen molar-refractivity contribution in [1.82, 2.24) is 0 Å². The van der Waals surface area contributed by atoms with Crippen LogP contribution in [0, 0.1) is 0 Å². The summed E-state index contributed by atoms with van der Waals surface area (Å²) in [6.07, 6.45) is 3.13. The number of rotatable bonds is 2. The molecule has 0 bridgehead atoms. The first kappa shape index (κ1) is 40.8. The Morgan fingerprint density at radius 1 is 1.25 bits per heavy atom. The molecule has 0 saturated heterocycles. The van der Waals surface area contributed by atoms with Gasteiger partial charge in [0.25, 0.3) is 0 Å². The number of halogens is 4. The summed E-state index contributed by atoms with van der Waals surface area (Å²) >= 11 is 0. The third kappa shape index (κ3) is 32.9. The third-order valence-electron chi connectivity index (χ3n) is 0.554. The fraction of sp³-hybridized carbons (Fsp3) is 0.400. The summed E-state index contributed by atoms with van der Waals surface area (Å²) in [5.74, 6) is -0.0255. The van der Waals surface area contributed by atoms with Crippen molar-refractivity contribution in [3.8, 4) is 0 Å². The molecule has 0 aromatic heterocycles. The molecule has 0 heterocycles.